The number of hydrogen-bond acceptors (Lipinski definition) is 4. The van der Waals surface area contributed by atoms with E-state index in [1.54, 1.807) is 0 Å². The normalized spacial score (nSPS) is 11.4. The summed E-state index contributed by atoms with van der Waals surface area (Å²) in [6.45, 7) is 4.41. The minimum absolute atomic E-state index is 0.682. The third-order valence-corrected chi connectivity index (χ3v) is 3.52. The predicted molar refractivity (Wildman–Crippen MR) is 69.4 cm³/mol. The van der Waals surface area contributed by atoms with Crippen molar-refractivity contribution in [3.05, 3.63) is 24.1 Å². The zero-order chi connectivity index (χ0) is 11.5. The molecule has 0 radical (unpaired) electrons. The van der Waals surface area contributed by atoms with Crippen molar-refractivity contribution >= 4 is 28.5 Å². The Morgan fingerprint density at radius 2 is 2.25 bits per heavy atom. The zero-order valence-corrected chi connectivity index (χ0v) is 10.4. The lowest BCUT2D eigenvalue weighted by Gasteiger charge is -2.00. The van der Waals surface area contributed by atoms with E-state index < -0.39 is 0 Å². The van der Waals surface area contributed by atoms with Crippen molar-refractivity contribution in [1.82, 2.24) is 4.98 Å². The van der Waals surface area contributed by atoms with E-state index in [0.717, 1.165) is 28.5 Å². The molecule has 0 saturated heterocycles. The molecule has 0 unspecified atom stereocenters. The Bertz CT molecular complexity index is 479. The second kappa shape index (κ2) is 4.78. The Balaban J connectivity index is 2.11. The highest BCUT2D eigenvalue weighted by atomic mass is 32.2. The lowest BCUT2D eigenvalue weighted by Crippen LogP contribution is -1.91. The number of nitrogen functional groups attached to an aromatic ring is 1. The van der Waals surface area contributed by atoms with Gasteiger partial charge in [0.1, 0.15) is 5.52 Å². The van der Waals surface area contributed by atoms with Gasteiger partial charge in [-0.1, -0.05) is 19.9 Å². The van der Waals surface area contributed by atoms with Gasteiger partial charge in [-0.05, 0) is 23.8 Å². The number of anilines is 1. The lowest BCUT2D eigenvalue weighted by molar-refractivity contribution is 0.556. The van der Waals surface area contributed by atoms with E-state index in [9.17, 15) is 0 Å². The summed E-state index contributed by atoms with van der Waals surface area (Å²) in [6, 6.07) is 5.62. The first-order chi connectivity index (χ1) is 7.66. The van der Waals surface area contributed by atoms with Gasteiger partial charge in [0.15, 0.2) is 5.58 Å². The molecule has 0 bridgehead atoms. The molecule has 0 aliphatic heterocycles. The van der Waals surface area contributed by atoms with Gasteiger partial charge in [-0.25, -0.2) is 4.98 Å². The molecule has 1 aromatic heterocycles. The maximum Gasteiger partial charge on any atom is 0.205 e. The maximum absolute atomic E-state index is 5.82. The van der Waals surface area contributed by atoms with Crippen LogP contribution in [0.4, 0.5) is 5.69 Å². The Hall–Kier alpha value is -1.16. The first-order valence-corrected chi connectivity index (χ1v) is 6.54. The minimum atomic E-state index is 0.682. The highest BCUT2D eigenvalue weighted by molar-refractivity contribution is 7.98. The van der Waals surface area contributed by atoms with Gasteiger partial charge in [-0.2, -0.15) is 11.8 Å². The first kappa shape index (κ1) is 11.3. The van der Waals surface area contributed by atoms with Gasteiger partial charge in [-0.15, -0.1) is 0 Å². The van der Waals surface area contributed by atoms with Crippen LogP contribution in [-0.2, 0) is 5.75 Å². The summed E-state index contributed by atoms with van der Waals surface area (Å²) in [6.07, 6.45) is 0. The monoisotopic (exact) mass is 236 g/mol. The lowest BCUT2D eigenvalue weighted by atomic mass is 10.3. The van der Waals surface area contributed by atoms with Gasteiger partial charge in [0.25, 0.3) is 0 Å². The summed E-state index contributed by atoms with van der Waals surface area (Å²) < 4.78 is 5.62. The highest BCUT2D eigenvalue weighted by Gasteiger charge is 2.08. The highest BCUT2D eigenvalue weighted by Crippen LogP contribution is 2.23. The Kier molecular flexibility index (Phi) is 3.39. The molecule has 1 heterocycles. The second-order valence-electron chi connectivity index (χ2n) is 4.21. The quantitative estimate of drug-likeness (QED) is 0.827. The summed E-state index contributed by atoms with van der Waals surface area (Å²) in [5, 5.41) is 0. The molecule has 4 heteroatoms. The summed E-state index contributed by atoms with van der Waals surface area (Å²) in [7, 11) is 0. The number of rotatable bonds is 4. The molecule has 2 rings (SSSR count). The number of para-hydroxylation sites is 1. The van der Waals surface area contributed by atoms with Crippen molar-refractivity contribution in [3.63, 3.8) is 0 Å². The summed E-state index contributed by atoms with van der Waals surface area (Å²) >= 11 is 1.84. The van der Waals surface area contributed by atoms with E-state index in [1.165, 1.54) is 0 Å². The van der Waals surface area contributed by atoms with Crippen LogP contribution in [0, 0.1) is 5.92 Å². The summed E-state index contributed by atoms with van der Waals surface area (Å²) in [5.41, 5.74) is 8.06. The van der Waals surface area contributed by atoms with Crippen LogP contribution >= 0.6 is 11.8 Å². The van der Waals surface area contributed by atoms with Crippen molar-refractivity contribution in [2.45, 2.75) is 19.6 Å². The van der Waals surface area contributed by atoms with Crippen LogP contribution in [-0.4, -0.2) is 10.7 Å². The van der Waals surface area contributed by atoms with Crippen LogP contribution in [0.25, 0.3) is 11.1 Å². The molecule has 0 aliphatic rings. The van der Waals surface area contributed by atoms with Gasteiger partial charge in [-0.3, -0.25) is 0 Å². The fourth-order valence-corrected chi connectivity index (χ4v) is 2.35. The molecule has 0 saturated carbocycles. The number of benzene rings is 1. The molecule has 2 N–H and O–H groups in total. The smallest absolute Gasteiger partial charge is 0.205 e. The maximum atomic E-state index is 5.82. The van der Waals surface area contributed by atoms with E-state index >= 15 is 0 Å². The Labute approximate surface area is 99.4 Å². The third-order valence-electron chi connectivity index (χ3n) is 2.17. The fourth-order valence-electron chi connectivity index (χ4n) is 1.46. The van der Waals surface area contributed by atoms with Crippen LogP contribution < -0.4 is 5.73 Å². The van der Waals surface area contributed by atoms with E-state index in [1.807, 2.05) is 30.0 Å². The van der Waals surface area contributed by atoms with Crippen LogP contribution in [0.2, 0.25) is 0 Å². The average molecular weight is 236 g/mol. The largest absolute Gasteiger partial charge is 0.440 e. The van der Waals surface area contributed by atoms with E-state index in [0.29, 0.717) is 11.6 Å². The minimum Gasteiger partial charge on any atom is -0.440 e. The number of nitrogens with zero attached hydrogens (tertiary/aromatic N) is 1. The van der Waals surface area contributed by atoms with Crippen molar-refractivity contribution in [3.8, 4) is 0 Å². The third kappa shape index (κ3) is 2.50. The molecule has 0 atom stereocenters. The summed E-state index contributed by atoms with van der Waals surface area (Å²) in [5.74, 6) is 3.39. The molecule has 86 valence electrons. The Morgan fingerprint density at radius 3 is 2.94 bits per heavy atom. The SMILES string of the molecule is CC(C)CSCc1nc2c(N)cccc2o1. The predicted octanol–water partition coefficient (Wildman–Crippen LogP) is 3.30. The van der Waals surface area contributed by atoms with Crippen molar-refractivity contribution in [2.75, 3.05) is 11.5 Å². The fraction of sp³-hybridized carbons (Fsp3) is 0.417. The van der Waals surface area contributed by atoms with Gasteiger partial charge in [0.2, 0.25) is 5.89 Å². The topological polar surface area (TPSA) is 52.0 Å². The van der Waals surface area contributed by atoms with Gasteiger partial charge in [0, 0.05) is 0 Å². The van der Waals surface area contributed by atoms with Crippen LogP contribution in [0.3, 0.4) is 0 Å². The Morgan fingerprint density at radius 1 is 1.44 bits per heavy atom. The molecular weight excluding hydrogens is 220 g/mol. The molecule has 0 aliphatic carbocycles. The van der Waals surface area contributed by atoms with Crippen LogP contribution in [0.1, 0.15) is 19.7 Å². The van der Waals surface area contributed by atoms with Gasteiger partial charge >= 0.3 is 0 Å². The van der Waals surface area contributed by atoms with E-state index in [2.05, 4.69) is 18.8 Å². The molecular formula is C12H16N2OS. The zero-order valence-electron chi connectivity index (χ0n) is 9.56. The first-order valence-electron chi connectivity index (χ1n) is 5.38. The number of hydrogen-bond donors (Lipinski definition) is 1. The molecule has 0 fully saturated rings. The van der Waals surface area contributed by atoms with Gasteiger partial charge < -0.3 is 10.2 Å². The number of aromatic nitrogens is 1. The molecule has 16 heavy (non-hydrogen) atoms. The number of thioether (sulfide) groups is 1. The molecule has 1 aromatic carbocycles. The molecule has 0 amide bonds. The molecule has 3 nitrogen and oxygen atoms in total. The van der Waals surface area contributed by atoms with Crippen molar-refractivity contribution in [1.29, 1.82) is 0 Å². The van der Waals surface area contributed by atoms with E-state index in [4.69, 9.17) is 10.2 Å². The van der Waals surface area contributed by atoms with Crippen LogP contribution in [0.15, 0.2) is 22.6 Å². The van der Waals surface area contributed by atoms with Crippen LogP contribution in [0.5, 0.6) is 0 Å². The standard InChI is InChI=1S/C12H16N2OS/c1-8(2)6-16-7-11-14-12-9(13)4-3-5-10(12)15-11/h3-5,8H,6-7,13H2,1-2H3. The van der Waals surface area contributed by atoms with Crippen molar-refractivity contribution < 1.29 is 4.42 Å². The van der Waals surface area contributed by atoms with E-state index in [-0.39, 0.29) is 0 Å². The molecule has 2 aromatic rings. The summed E-state index contributed by atoms with van der Waals surface area (Å²) in [4.78, 5) is 4.40. The second-order valence-corrected chi connectivity index (χ2v) is 5.24. The number of fused-ring (bicyclic) bond motifs is 1. The molecule has 0 spiro atoms. The van der Waals surface area contributed by atoms with Crippen molar-refractivity contribution in [2.24, 2.45) is 5.92 Å². The average Bonchev–Trinajstić information content (AvgIpc) is 2.61. The van der Waals surface area contributed by atoms with Gasteiger partial charge in [0.05, 0.1) is 11.4 Å². The number of nitrogens with two attached hydrogens (primary N) is 1. The number of oxazole rings is 1.